The van der Waals surface area contributed by atoms with E-state index < -0.39 is 5.97 Å². The van der Waals surface area contributed by atoms with Gasteiger partial charge in [-0.3, -0.25) is 0 Å². The molecule has 2 fully saturated rings. The van der Waals surface area contributed by atoms with Crippen LogP contribution in [0.5, 0.6) is 0 Å². The van der Waals surface area contributed by atoms with Gasteiger partial charge < -0.3 is 9.84 Å². The second-order valence-electron chi connectivity index (χ2n) is 4.80. The lowest BCUT2D eigenvalue weighted by Crippen LogP contribution is -2.19. The van der Waals surface area contributed by atoms with Crippen molar-refractivity contribution in [3.8, 4) is 0 Å². The minimum absolute atomic E-state index is 0.353. The molecule has 0 spiro atoms. The smallest absolute Gasteiger partial charge is 0.330 e. The molecule has 0 radical (unpaired) electrons. The van der Waals surface area contributed by atoms with Gasteiger partial charge in [-0.15, -0.1) is 0 Å². The predicted molar refractivity (Wildman–Crippen MR) is 56.6 cm³/mol. The Labute approximate surface area is 90.1 Å². The van der Waals surface area contributed by atoms with Crippen LogP contribution in [0.3, 0.4) is 0 Å². The number of hydrogen-bond acceptors (Lipinski definition) is 2. The van der Waals surface area contributed by atoms with Crippen LogP contribution in [-0.2, 0) is 9.53 Å². The van der Waals surface area contributed by atoms with Crippen LogP contribution in [0.1, 0.15) is 33.1 Å². The average molecular weight is 210 g/mol. The van der Waals surface area contributed by atoms with Gasteiger partial charge in [0.2, 0.25) is 0 Å². The zero-order valence-corrected chi connectivity index (χ0v) is 9.27. The summed E-state index contributed by atoms with van der Waals surface area (Å²) in [6, 6.07) is 0. The zero-order chi connectivity index (χ0) is 11.0. The van der Waals surface area contributed by atoms with E-state index in [1.165, 1.54) is 6.42 Å². The number of carboxylic acids is 1. The van der Waals surface area contributed by atoms with Gasteiger partial charge in [0.1, 0.15) is 0 Å². The highest BCUT2D eigenvalue weighted by molar-refractivity contribution is 5.85. The molecule has 3 nitrogen and oxygen atoms in total. The molecule has 0 amide bonds. The first-order chi connectivity index (χ1) is 7.08. The van der Waals surface area contributed by atoms with Crippen molar-refractivity contribution < 1.29 is 14.6 Å². The Morgan fingerprint density at radius 1 is 1.47 bits per heavy atom. The van der Waals surface area contributed by atoms with Gasteiger partial charge in [0.25, 0.3) is 0 Å². The summed E-state index contributed by atoms with van der Waals surface area (Å²) in [4.78, 5) is 10.7. The maximum absolute atomic E-state index is 10.7. The third-order valence-electron chi connectivity index (χ3n) is 3.64. The zero-order valence-electron chi connectivity index (χ0n) is 9.27. The fraction of sp³-hybridized carbons (Fsp3) is 0.750. The van der Waals surface area contributed by atoms with Gasteiger partial charge in [0, 0.05) is 5.57 Å². The molecule has 84 valence electrons. The Hall–Kier alpha value is -0.830. The van der Waals surface area contributed by atoms with Gasteiger partial charge in [0.05, 0.1) is 12.2 Å². The van der Waals surface area contributed by atoms with Gasteiger partial charge in [-0.2, -0.15) is 0 Å². The van der Waals surface area contributed by atoms with Gasteiger partial charge >= 0.3 is 5.97 Å². The van der Waals surface area contributed by atoms with Crippen LogP contribution >= 0.6 is 0 Å². The normalized spacial score (nSPS) is 36.9. The second kappa shape index (κ2) is 3.97. The monoisotopic (exact) mass is 210 g/mol. The molecule has 15 heavy (non-hydrogen) atoms. The number of epoxide rings is 1. The van der Waals surface area contributed by atoms with Crippen molar-refractivity contribution in [2.75, 3.05) is 0 Å². The molecule has 0 aromatic heterocycles. The number of ether oxygens (including phenoxy) is 1. The summed E-state index contributed by atoms with van der Waals surface area (Å²) >= 11 is 0. The Morgan fingerprint density at radius 3 is 2.80 bits per heavy atom. The number of carboxylic acid groups (broad SMARTS) is 1. The van der Waals surface area contributed by atoms with Crippen molar-refractivity contribution in [3.05, 3.63) is 11.6 Å². The third-order valence-corrected chi connectivity index (χ3v) is 3.64. The number of aliphatic carboxylic acids is 1. The molecular formula is C12H18O3. The molecular weight excluding hydrogens is 192 g/mol. The summed E-state index contributed by atoms with van der Waals surface area (Å²) in [7, 11) is 0. The fourth-order valence-corrected chi connectivity index (χ4v) is 2.51. The van der Waals surface area contributed by atoms with Crippen molar-refractivity contribution in [1.82, 2.24) is 0 Å². The van der Waals surface area contributed by atoms with E-state index in [9.17, 15) is 4.79 Å². The van der Waals surface area contributed by atoms with Crippen molar-refractivity contribution in [3.63, 3.8) is 0 Å². The van der Waals surface area contributed by atoms with Crippen molar-refractivity contribution in [1.29, 1.82) is 0 Å². The minimum atomic E-state index is -0.807. The summed E-state index contributed by atoms with van der Waals surface area (Å²) < 4.78 is 5.47. The Kier molecular flexibility index (Phi) is 2.83. The molecule has 1 N–H and O–H groups in total. The first kappa shape index (κ1) is 10.7. The topological polar surface area (TPSA) is 49.8 Å². The van der Waals surface area contributed by atoms with Crippen molar-refractivity contribution in [2.45, 2.75) is 45.3 Å². The van der Waals surface area contributed by atoms with Gasteiger partial charge in [0.15, 0.2) is 0 Å². The molecule has 4 unspecified atom stereocenters. The summed E-state index contributed by atoms with van der Waals surface area (Å²) in [5.41, 5.74) is 0.460. The minimum Gasteiger partial charge on any atom is -0.478 e. The Bertz CT molecular complexity index is 295. The highest BCUT2D eigenvalue weighted by atomic mass is 16.6. The van der Waals surface area contributed by atoms with E-state index in [0.717, 1.165) is 12.8 Å². The predicted octanol–water partition coefficient (Wildman–Crippen LogP) is 2.22. The summed E-state index contributed by atoms with van der Waals surface area (Å²) in [5.74, 6) is 0.146. The van der Waals surface area contributed by atoms with Gasteiger partial charge in [-0.1, -0.05) is 13.0 Å². The van der Waals surface area contributed by atoms with Crippen LogP contribution in [0.4, 0.5) is 0 Å². The van der Waals surface area contributed by atoms with E-state index in [0.29, 0.717) is 29.6 Å². The van der Waals surface area contributed by atoms with Crippen LogP contribution in [0.15, 0.2) is 11.6 Å². The largest absolute Gasteiger partial charge is 0.478 e. The highest BCUT2D eigenvalue weighted by Crippen LogP contribution is 2.42. The lowest BCUT2D eigenvalue weighted by Gasteiger charge is -2.23. The summed E-state index contributed by atoms with van der Waals surface area (Å²) in [6.07, 6.45) is 6.32. The Morgan fingerprint density at radius 2 is 2.20 bits per heavy atom. The van der Waals surface area contributed by atoms with Gasteiger partial charge in [-0.05, 0) is 38.0 Å². The summed E-state index contributed by atoms with van der Waals surface area (Å²) in [6.45, 7) is 3.78. The lowest BCUT2D eigenvalue weighted by atomic mass is 9.80. The van der Waals surface area contributed by atoms with Gasteiger partial charge in [-0.25, -0.2) is 4.79 Å². The number of hydrogen-bond donors (Lipinski definition) is 1. The van der Waals surface area contributed by atoms with E-state index in [1.54, 1.807) is 6.92 Å². The fourth-order valence-electron chi connectivity index (χ4n) is 2.51. The standard InChI is InChI=1S/C12H18O3/c1-7(5-8(2)12(13)14)9-3-4-10-11(6-9)15-10/h5,7,9-11H,3-4,6H2,1-2H3,(H,13,14)/b8-5+. The maximum Gasteiger partial charge on any atom is 0.330 e. The molecule has 0 aromatic rings. The Balaban J connectivity index is 1.92. The number of carbonyl (C=O) groups is 1. The van der Waals surface area contributed by atoms with E-state index in [4.69, 9.17) is 9.84 Å². The molecule has 2 aliphatic rings. The van der Waals surface area contributed by atoms with Crippen molar-refractivity contribution >= 4 is 5.97 Å². The molecule has 1 aliphatic heterocycles. The van der Waals surface area contributed by atoms with E-state index in [2.05, 4.69) is 6.92 Å². The highest BCUT2D eigenvalue weighted by Gasteiger charge is 2.44. The van der Waals surface area contributed by atoms with E-state index in [-0.39, 0.29) is 0 Å². The SMILES string of the molecule is C/C(=C\C(C)C1CCC2OC2C1)C(=O)O. The third kappa shape index (κ3) is 2.40. The molecule has 1 aliphatic carbocycles. The molecule has 1 saturated carbocycles. The first-order valence-corrected chi connectivity index (χ1v) is 5.65. The summed E-state index contributed by atoms with van der Waals surface area (Å²) in [5, 5.41) is 8.80. The number of rotatable bonds is 3. The van der Waals surface area contributed by atoms with Crippen LogP contribution in [0, 0.1) is 11.8 Å². The average Bonchev–Trinajstić information content (AvgIpc) is 2.94. The molecule has 1 heterocycles. The molecule has 1 saturated heterocycles. The van der Waals surface area contributed by atoms with Crippen LogP contribution in [-0.4, -0.2) is 23.3 Å². The molecule has 3 heteroatoms. The first-order valence-electron chi connectivity index (χ1n) is 5.65. The molecule has 0 aromatic carbocycles. The number of fused-ring (bicyclic) bond motifs is 1. The van der Waals surface area contributed by atoms with Crippen LogP contribution in [0.2, 0.25) is 0 Å². The maximum atomic E-state index is 10.7. The quantitative estimate of drug-likeness (QED) is 0.574. The second-order valence-corrected chi connectivity index (χ2v) is 4.80. The molecule has 0 bridgehead atoms. The van der Waals surface area contributed by atoms with E-state index >= 15 is 0 Å². The molecule has 2 rings (SSSR count). The van der Waals surface area contributed by atoms with Crippen molar-refractivity contribution in [2.24, 2.45) is 11.8 Å². The van der Waals surface area contributed by atoms with E-state index in [1.807, 2.05) is 6.08 Å². The molecule has 4 atom stereocenters. The van der Waals surface area contributed by atoms with Crippen LogP contribution in [0.25, 0.3) is 0 Å². The lowest BCUT2D eigenvalue weighted by molar-refractivity contribution is -0.132. The number of allylic oxidation sites excluding steroid dienone is 1. The van der Waals surface area contributed by atoms with Crippen LogP contribution < -0.4 is 0 Å².